The zero-order valence-corrected chi connectivity index (χ0v) is 12.8. The van der Waals surface area contributed by atoms with Crippen LogP contribution in [0, 0.1) is 11.6 Å². The standard InChI is InChI=1S/C16H13ClF2N2O2/c1-10(23-20-9-11-2-4-12(17)5-3-11)16(22)21-15-7-6-13(18)8-14(15)19/h2-10H,1H3,(H,21,22)/b20-9+. The molecule has 7 heteroatoms. The molecule has 1 N–H and O–H groups in total. The first-order chi connectivity index (χ1) is 11.0. The van der Waals surface area contributed by atoms with Crippen LogP contribution in [-0.4, -0.2) is 18.2 Å². The van der Waals surface area contributed by atoms with Gasteiger partial charge in [0.05, 0.1) is 11.9 Å². The van der Waals surface area contributed by atoms with E-state index < -0.39 is 23.6 Å². The predicted molar refractivity (Wildman–Crippen MR) is 84.6 cm³/mol. The van der Waals surface area contributed by atoms with Gasteiger partial charge in [-0.15, -0.1) is 0 Å². The van der Waals surface area contributed by atoms with Gasteiger partial charge in [0, 0.05) is 11.1 Å². The Hall–Kier alpha value is -2.47. The number of anilines is 1. The monoisotopic (exact) mass is 338 g/mol. The molecule has 23 heavy (non-hydrogen) atoms. The number of nitrogens with one attached hydrogen (secondary N) is 1. The molecule has 1 unspecified atom stereocenters. The predicted octanol–water partition coefficient (Wildman–Crippen LogP) is 4.00. The molecule has 0 saturated carbocycles. The molecule has 1 atom stereocenters. The summed E-state index contributed by atoms with van der Waals surface area (Å²) in [6.45, 7) is 1.45. The molecule has 4 nitrogen and oxygen atoms in total. The molecule has 0 heterocycles. The molecule has 0 aliphatic rings. The molecule has 0 bridgehead atoms. The van der Waals surface area contributed by atoms with Gasteiger partial charge in [-0.25, -0.2) is 8.78 Å². The van der Waals surface area contributed by atoms with Crippen molar-refractivity contribution >= 4 is 29.4 Å². The third-order valence-electron chi connectivity index (χ3n) is 2.85. The Morgan fingerprint density at radius 3 is 2.61 bits per heavy atom. The summed E-state index contributed by atoms with van der Waals surface area (Å²) in [6, 6.07) is 9.70. The lowest BCUT2D eigenvalue weighted by Gasteiger charge is -2.11. The summed E-state index contributed by atoms with van der Waals surface area (Å²) in [7, 11) is 0. The van der Waals surface area contributed by atoms with E-state index in [1.807, 2.05) is 0 Å². The molecule has 120 valence electrons. The zero-order valence-electron chi connectivity index (χ0n) is 12.1. The molecular formula is C16H13ClF2N2O2. The zero-order chi connectivity index (χ0) is 16.8. The van der Waals surface area contributed by atoms with Gasteiger partial charge in [0.2, 0.25) is 6.10 Å². The summed E-state index contributed by atoms with van der Waals surface area (Å²) in [5.41, 5.74) is 0.611. The van der Waals surface area contributed by atoms with Crippen molar-refractivity contribution in [3.8, 4) is 0 Å². The topological polar surface area (TPSA) is 50.7 Å². The number of nitrogens with zero attached hydrogens (tertiary/aromatic N) is 1. The van der Waals surface area contributed by atoms with E-state index in [0.29, 0.717) is 11.1 Å². The number of hydrogen-bond acceptors (Lipinski definition) is 3. The minimum atomic E-state index is -0.956. The van der Waals surface area contributed by atoms with Crippen LogP contribution in [0.2, 0.25) is 5.02 Å². The summed E-state index contributed by atoms with van der Waals surface area (Å²) in [5, 5.41) is 6.58. The highest BCUT2D eigenvalue weighted by Crippen LogP contribution is 2.15. The van der Waals surface area contributed by atoms with Crippen LogP contribution in [0.15, 0.2) is 47.6 Å². The highest BCUT2D eigenvalue weighted by molar-refractivity contribution is 6.30. The number of oxime groups is 1. The fraction of sp³-hybridized carbons (Fsp3) is 0.125. The number of halogens is 3. The fourth-order valence-electron chi connectivity index (χ4n) is 1.60. The lowest BCUT2D eigenvalue weighted by molar-refractivity contribution is -0.126. The molecular weight excluding hydrogens is 326 g/mol. The maximum Gasteiger partial charge on any atom is 0.268 e. The Bertz CT molecular complexity index is 721. The molecule has 0 aliphatic carbocycles. The van der Waals surface area contributed by atoms with Crippen molar-refractivity contribution in [3.63, 3.8) is 0 Å². The van der Waals surface area contributed by atoms with Gasteiger partial charge in [0.15, 0.2) is 0 Å². The number of carbonyl (C=O) groups is 1. The van der Waals surface area contributed by atoms with Crippen LogP contribution in [0.5, 0.6) is 0 Å². The van der Waals surface area contributed by atoms with Crippen molar-refractivity contribution in [1.29, 1.82) is 0 Å². The Morgan fingerprint density at radius 2 is 1.96 bits per heavy atom. The number of amides is 1. The van der Waals surface area contributed by atoms with Crippen molar-refractivity contribution in [3.05, 3.63) is 64.7 Å². The van der Waals surface area contributed by atoms with E-state index in [0.717, 1.165) is 17.7 Å². The maximum atomic E-state index is 13.4. The van der Waals surface area contributed by atoms with E-state index in [9.17, 15) is 13.6 Å². The van der Waals surface area contributed by atoms with Gasteiger partial charge in [-0.1, -0.05) is 28.9 Å². The average Bonchev–Trinajstić information content (AvgIpc) is 2.51. The van der Waals surface area contributed by atoms with Crippen LogP contribution in [0.3, 0.4) is 0 Å². The van der Waals surface area contributed by atoms with Gasteiger partial charge < -0.3 is 10.2 Å². The smallest absolute Gasteiger partial charge is 0.268 e. The molecule has 1 amide bonds. The molecule has 0 spiro atoms. The van der Waals surface area contributed by atoms with Crippen molar-refractivity contribution in [2.45, 2.75) is 13.0 Å². The van der Waals surface area contributed by atoms with Crippen molar-refractivity contribution in [2.24, 2.45) is 5.16 Å². The van der Waals surface area contributed by atoms with Crippen molar-refractivity contribution in [2.75, 3.05) is 5.32 Å². The van der Waals surface area contributed by atoms with E-state index in [1.54, 1.807) is 24.3 Å². The second kappa shape index (κ2) is 7.69. The SMILES string of the molecule is CC(O/N=C/c1ccc(Cl)cc1)C(=O)Nc1ccc(F)cc1F. The third-order valence-corrected chi connectivity index (χ3v) is 3.10. The summed E-state index contributed by atoms with van der Waals surface area (Å²) < 4.78 is 26.2. The first-order valence-corrected chi connectivity index (χ1v) is 7.04. The summed E-state index contributed by atoms with van der Waals surface area (Å²) in [5.74, 6) is -2.20. The van der Waals surface area contributed by atoms with Crippen molar-refractivity contribution < 1.29 is 18.4 Å². The molecule has 0 aromatic heterocycles. The van der Waals surface area contributed by atoms with Crippen LogP contribution in [-0.2, 0) is 9.63 Å². The van der Waals surface area contributed by atoms with E-state index >= 15 is 0 Å². The van der Waals surface area contributed by atoms with Gasteiger partial charge in [-0.05, 0) is 36.8 Å². The normalized spacial score (nSPS) is 12.2. The minimum Gasteiger partial charge on any atom is -0.383 e. The summed E-state index contributed by atoms with van der Waals surface area (Å²) in [6.07, 6.45) is 0.460. The molecule has 2 rings (SSSR count). The highest BCUT2D eigenvalue weighted by Gasteiger charge is 2.16. The summed E-state index contributed by atoms with van der Waals surface area (Å²) >= 11 is 5.75. The third kappa shape index (κ3) is 5.03. The van der Waals surface area contributed by atoms with Gasteiger partial charge in [-0.3, -0.25) is 4.79 Å². The Labute approximate surface area is 136 Å². The van der Waals surface area contributed by atoms with E-state index in [-0.39, 0.29) is 5.69 Å². The first kappa shape index (κ1) is 16.9. The first-order valence-electron chi connectivity index (χ1n) is 6.66. The van der Waals surface area contributed by atoms with Gasteiger partial charge >= 0.3 is 0 Å². The van der Waals surface area contributed by atoms with E-state index in [2.05, 4.69) is 10.5 Å². The van der Waals surface area contributed by atoms with Crippen LogP contribution in [0.4, 0.5) is 14.5 Å². The van der Waals surface area contributed by atoms with Gasteiger partial charge in [-0.2, -0.15) is 0 Å². The van der Waals surface area contributed by atoms with Gasteiger partial charge in [0.1, 0.15) is 11.6 Å². The van der Waals surface area contributed by atoms with Crippen LogP contribution in [0.1, 0.15) is 12.5 Å². The number of carbonyl (C=O) groups excluding carboxylic acids is 1. The molecule has 0 aliphatic heterocycles. The minimum absolute atomic E-state index is 0.131. The second-order valence-corrected chi connectivity index (χ2v) is 5.08. The number of rotatable bonds is 5. The number of benzene rings is 2. The van der Waals surface area contributed by atoms with Gasteiger partial charge in [0.25, 0.3) is 5.91 Å². The Balaban J connectivity index is 1.90. The molecule has 2 aromatic carbocycles. The lowest BCUT2D eigenvalue weighted by Crippen LogP contribution is -2.26. The van der Waals surface area contributed by atoms with E-state index in [1.165, 1.54) is 13.1 Å². The second-order valence-electron chi connectivity index (χ2n) is 4.65. The quantitative estimate of drug-likeness (QED) is 0.662. The van der Waals surface area contributed by atoms with Crippen molar-refractivity contribution in [1.82, 2.24) is 0 Å². The fourth-order valence-corrected chi connectivity index (χ4v) is 1.73. The number of hydrogen-bond donors (Lipinski definition) is 1. The van der Waals surface area contributed by atoms with Crippen LogP contribution in [0.25, 0.3) is 0 Å². The average molecular weight is 339 g/mol. The molecule has 0 saturated heterocycles. The van der Waals surface area contributed by atoms with E-state index in [4.69, 9.17) is 16.4 Å². The summed E-state index contributed by atoms with van der Waals surface area (Å²) in [4.78, 5) is 16.9. The molecule has 0 fully saturated rings. The molecule has 0 radical (unpaired) electrons. The Kier molecular flexibility index (Phi) is 5.65. The maximum absolute atomic E-state index is 13.4. The van der Waals surface area contributed by atoms with Crippen LogP contribution >= 0.6 is 11.6 Å². The Morgan fingerprint density at radius 1 is 1.26 bits per heavy atom. The highest BCUT2D eigenvalue weighted by atomic mass is 35.5. The van der Waals surface area contributed by atoms with Crippen LogP contribution < -0.4 is 5.32 Å². The largest absolute Gasteiger partial charge is 0.383 e. The molecule has 2 aromatic rings. The lowest BCUT2D eigenvalue weighted by atomic mass is 10.2.